The number of aromatic amines is 1. The van der Waals surface area contributed by atoms with Crippen molar-refractivity contribution in [3.05, 3.63) is 117 Å². The minimum Gasteiger partial charge on any atom is -0.345 e. The maximum Gasteiger partial charge on any atom is 0.412 e. The molecular formula is C43H50F4N2O2. The number of nitrogens with one attached hydrogen (secondary N) is 1. The van der Waals surface area contributed by atoms with E-state index in [1.165, 1.54) is 19.1 Å². The summed E-state index contributed by atoms with van der Waals surface area (Å²) in [6.45, 7) is 12.6. The Balaban J connectivity index is 1.73. The van der Waals surface area contributed by atoms with Gasteiger partial charge in [0.25, 0.3) is 0 Å². The molecule has 272 valence electrons. The van der Waals surface area contributed by atoms with E-state index in [1.807, 2.05) is 51.1 Å². The number of fused-ring (bicyclic) bond motifs is 1. The molecule has 0 aliphatic heterocycles. The molecule has 4 rings (SSSR count). The molecule has 0 saturated heterocycles. The molecule has 2 aromatic heterocycles. The highest BCUT2D eigenvalue weighted by Gasteiger charge is 2.38. The van der Waals surface area contributed by atoms with Gasteiger partial charge in [0.05, 0.1) is 0 Å². The van der Waals surface area contributed by atoms with E-state index in [1.54, 1.807) is 45.3 Å². The maximum absolute atomic E-state index is 14.7. The van der Waals surface area contributed by atoms with E-state index in [9.17, 15) is 27.2 Å². The lowest BCUT2D eigenvalue weighted by Gasteiger charge is -2.24. The number of benzene rings is 2. The van der Waals surface area contributed by atoms with Crippen LogP contribution in [-0.2, 0) is 11.2 Å². The van der Waals surface area contributed by atoms with Gasteiger partial charge in [-0.25, -0.2) is 9.37 Å². The van der Waals surface area contributed by atoms with Crippen molar-refractivity contribution in [1.29, 1.82) is 0 Å². The zero-order chi connectivity index (χ0) is 37.5. The van der Waals surface area contributed by atoms with Crippen molar-refractivity contribution in [2.75, 3.05) is 0 Å². The van der Waals surface area contributed by atoms with Gasteiger partial charge in [-0.1, -0.05) is 70.0 Å². The molecule has 0 aliphatic rings. The Hall–Kier alpha value is -4.33. The smallest absolute Gasteiger partial charge is 0.345 e. The highest BCUT2D eigenvalue weighted by Crippen LogP contribution is 2.39. The number of alkyl halides is 3. The first kappa shape index (κ1) is 39.5. The number of pyridine rings is 1. The fourth-order valence-corrected chi connectivity index (χ4v) is 7.11. The Morgan fingerprint density at radius 3 is 2.27 bits per heavy atom. The van der Waals surface area contributed by atoms with E-state index in [0.29, 0.717) is 60.0 Å². The summed E-state index contributed by atoms with van der Waals surface area (Å²) in [5.41, 5.74) is 5.48. The van der Waals surface area contributed by atoms with Crippen molar-refractivity contribution in [3.63, 3.8) is 0 Å². The first-order valence-electron chi connectivity index (χ1n) is 18.0. The van der Waals surface area contributed by atoms with Gasteiger partial charge in [-0.05, 0) is 123 Å². The average molecular weight is 703 g/mol. The van der Waals surface area contributed by atoms with Crippen LogP contribution in [0.2, 0.25) is 0 Å². The molecule has 2 heterocycles. The van der Waals surface area contributed by atoms with Crippen LogP contribution in [0.1, 0.15) is 119 Å². The lowest BCUT2D eigenvalue weighted by Crippen LogP contribution is -2.21. The van der Waals surface area contributed by atoms with E-state index >= 15 is 0 Å². The van der Waals surface area contributed by atoms with Gasteiger partial charge in [-0.2, -0.15) is 13.2 Å². The zero-order valence-electron chi connectivity index (χ0n) is 30.8. The molecule has 3 atom stereocenters. The second-order valence-electron chi connectivity index (χ2n) is 13.8. The first-order chi connectivity index (χ1) is 24.2. The largest absolute Gasteiger partial charge is 0.412 e. The van der Waals surface area contributed by atoms with Crippen molar-refractivity contribution < 1.29 is 27.2 Å². The Kier molecular flexibility index (Phi) is 13.4. The number of aromatic nitrogens is 2. The second kappa shape index (κ2) is 17.3. The van der Waals surface area contributed by atoms with Gasteiger partial charge in [-0.3, -0.25) is 9.59 Å². The van der Waals surface area contributed by atoms with Crippen molar-refractivity contribution in [2.45, 2.75) is 106 Å². The Morgan fingerprint density at radius 1 is 0.941 bits per heavy atom. The number of carbonyl (C=O) groups is 2. The van der Waals surface area contributed by atoms with E-state index in [-0.39, 0.29) is 35.9 Å². The quantitative estimate of drug-likeness (QED) is 0.0547. The van der Waals surface area contributed by atoms with Gasteiger partial charge in [-0.15, -0.1) is 0 Å². The number of carbonyl (C=O) groups excluding carboxylic acids is 2. The molecule has 51 heavy (non-hydrogen) atoms. The average Bonchev–Trinajstić information content (AvgIpc) is 3.54. The van der Waals surface area contributed by atoms with Crippen LogP contribution in [0.3, 0.4) is 0 Å². The number of hydrogen-bond acceptors (Lipinski definition) is 3. The summed E-state index contributed by atoms with van der Waals surface area (Å²) >= 11 is 0. The molecule has 0 aliphatic carbocycles. The van der Waals surface area contributed by atoms with Crippen LogP contribution in [0.25, 0.3) is 16.6 Å². The summed E-state index contributed by atoms with van der Waals surface area (Å²) in [7, 11) is 0. The lowest BCUT2D eigenvalue weighted by atomic mass is 9.80. The number of halogens is 4. The molecule has 0 spiro atoms. The topological polar surface area (TPSA) is 62.8 Å². The minimum absolute atomic E-state index is 0.0296. The van der Waals surface area contributed by atoms with Crippen LogP contribution in [0.15, 0.2) is 83.7 Å². The molecule has 0 bridgehead atoms. The fourth-order valence-electron chi connectivity index (χ4n) is 7.11. The number of rotatable bonds is 16. The molecule has 0 saturated carbocycles. The molecular weight excluding hydrogens is 652 g/mol. The lowest BCUT2D eigenvalue weighted by molar-refractivity contribution is -0.117. The molecule has 0 amide bonds. The van der Waals surface area contributed by atoms with Gasteiger partial charge in [0.2, 0.25) is 0 Å². The van der Waals surface area contributed by atoms with Crippen molar-refractivity contribution >= 4 is 28.2 Å². The van der Waals surface area contributed by atoms with Gasteiger partial charge < -0.3 is 4.98 Å². The van der Waals surface area contributed by atoms with Crippen molar-refractivity contribution in [1.82, 2.24) is 9.97 Å². The van der Waals surface area contributed by atoms with Crippen LogP contribution in [0.4, 0.5) is 17.6 Å². The third-order valence-corrected chi connectivity index (χ3v) is 10.4. The standard InChI is InChI=1S/C43H50F4N2O2/c1-8-12-36(32-16-14-27(5)33(24-32)23-30(10-3)40(50)38-25-49-42-37(38)13-11-22-48-42)41(51)35(29(7)31-17-19-34(44)20-18-31)21-15-28(6)39(26(4)9-2)43(45,46)47/h11,13-14,16-20,22,24-26,30,36H,8-10,12,15,21,23H2,1-7H3,(H,48,49)/b35-29-,39-28-. The minimum atomic E-state index is -4.47. The first-order valence-corrected chi connectivity index (χ1v) is 18.0. The monoisotopic (exact) mass is 702 g/mol. The predicted octanol–water partition coefficient (Wildman–Crippen LogP) is 12.1. The Bertz CT molecular complexity index is 1900. The van der Waals surface area contributed by atoms with E-state index < -0.39 is 29.4 Å². The van der Waals surface area contributed by atoms with Crippen LogP contribution >= 0.6 is 0 Å². The van der Waals surface area contributed by atoms with Crippen LogP contribution < -0.4 is 0 Å². The number of ketones is 2. The van der Waals surface area contributed by atoms with Crippen LogP contribution in [0, 0.1) is 24.6 Å². The number of H-pyrrole nitrogens is 1. The SMILES string of the molecule is CCCC(C(=O)/C(CC/C(C)=C(/C(C)CC)C(F)(F)F)=C(/C)c1ccc(F)cc1)c1ccc(C)c(CC(CC)C(=O)c2c[nH]c3ncccc23)c1. The van der Waals surface area contributed by atoms with Crippen molar-refractivity contribution in [3.8, 4) is 0 Å². The zero-order valence-corrected chi connectivity index (χ0v) is 30.8. The fraction of sp³-hybridized carbons (Fsp3) is 0.419. The number of aryl methyl sites for hydroxylation is 1. The number of nitrogens with zero attached hydrogens (tertiary/aromatic N) is 1. The highest BCUT2D eigenvalue weighted by atomic mass is 19.4. The van der Waals surface area contributed by atoms with Gasteiger partial charge in [0, 0.05) is 40.8 Å². The van der Waals surface area contributed by atoms with Gasteiger partial charge in [0.15, 0.2) is 11.6 Å². The van der Waals surface area contributed by atoms with Crippen molar-refractivity contribution in [2.24, 2.45) is 11.8 Å². The molecule has 0 radical (unpaired) electrons. The van der Waals surface area contributed by atoms with Gasteiger partial charge >= 0.3 is 6.18 Å². The molecule has 3 unspecified atom stereocenters. The normalized spacial score (nSPS) is 14.9. The summed E-state index contributed by atoms with van der Waals surface area (Å²) in [5, 5.41) is 0.785. The van der Waals surface area contributed by atoms with E-state index in [0.717, 1.165) is 22.1 Å². The molecule has 4 aromatic rings. The second-order valence-corrected chi connectivity index (χ2v) is 13.8. The van der Waals surface area contributed by atoms with E-state index in [4.69, 9.17) is 0 Å². The highest BCUT2D eigenvalue weighted by molar-refractivity contribution is 6.08. The molecule has 4 nitrogen and oxygen atoms in total. The summed E-state index contributed by atoms with van der Waals surface area (Å²) in [5.74, 6) is -2.04. The molecule has 1 N–H and O–H groups in total. The molecule has 0 fully saturated rings. The number of Topliss-reactive ketones (excluding diaryl/α,β-unsaturated/α-hetero) is 2. The van der Waals surface area contributed by atoms with Gasteiger partial charge in [0.1, 0.15) is 11.5 Å². The number of allylic oxidation sites excluding steroid dienone is 4. The summed E-state index contributed by atoms with van der Waals surface area (Å²) in [6, 6.07) is 15.5. The Morgan fingerprint density at radius 2 is 1.65 bits per heavy atom. The number of hydrogen-bond donors (Lipinski definition) is 1. The van der Waals surface area contributed by atoms with Crippen LogP contribution in [0.5, 0.6) is 0 Å². The van der Waals surface area contributed by atoms with E-state index in [2.05, 4.69) is 9.97 Å². The predicted molar refractivity (Wildman–Crippen MR) is 198 cm³/mol. The summed E-state index contributed by atoms with van der Waals surface area (Å²) < 4.78 is 56.5. The molecule has 2 aromatic carbocycles. The van der Waals surface area contributed by atoms with Crippen LogP contribution in [-0.4, -0.2) is 27.7 Å². The summed E-state index contributed by atoms with van der Waals surface area (Å²) in [6.07, 6.45) is 1.83. The Labute approximate surface area is 299 Å². The maximum atomic E-state index is 14.7. The summed E-state index contributed by atoms with van der Waals surface area (Å²) in [4.78, 5) is 35.9. The molecule has 8 heteroatoms. The third-order valence-electron chi connectivity index (χ3n) is 10.4. The third kappa shape index (κ3) is 9.32.